The van der Waals surface area contributed by atoms with E-state index in [1.54, 1.807) is 12.1 Å². The fraction of sp³-hybridized carbons (Fsp3) is 0.300. The van der Waals surface area contributed by atoms with Crippen molar-refractivity contribution in [1.29, 1.82) is 0 Å². The molecule has 10 nitrogen and oxygen atoms in total. The Morgan fingerprint density at radius 1 is 1.06 bits per heavy atom. The predicted molar refractivity (Wildman–Crippen MR) is 114 cm³/mol. The van der Waals surface area contributed by atoms with Crippen molar-refractivity contribution in [3.8, 4) is 11.4 Å². The average molecular weight is 442 g/mol. The lowest BCUT2D eigenvalue weighted by Gasteiger charge is -2.10. The van der Waals surface area contributed by atoms with Crippen molar-refractivity contribution >= 4 is 21.6 Å². The molecule has 2 aromatic carbocycles. The number of carbonyl (C=O) groups excluding carboxylic acids is 1. The SMILES string of the molecule is O=C(CCCn1nnc(-c2ccccc2)n1)NNc1ccc(S(=O)(=O)NC2CC2)cc1. The summed E-state index contributed by atoms with van der Waals surface area (Å²) in [6.45, 7) is 0.466. The zero-order valence-corrected chi connectivity index (χ0v) is 17.5. The van der Waals surface area contributed by atoms with Gasteiger partial charge in [-0.3, -0.25) is 15.6 Å². The molecule has 31 heavy (non-hydrogen) atoms. The quantitative estimate of drug-likeness (QED) is 0.408. The highest BCUT2D eigenvalue weighted by atomic mass is 32.2. The second-order valence-electron chi connectivity index (χ2n) is 7.27. The molecule has 0 bridgehead atoms. The number of rotatable bonds is 10. The van der Waals surface area contributed by atoms with Gasteiger partial charge in [-0.2, -0.15) is 4.80 Å². The Morgan fingerprint density at radius 2 is 1.81 bits per heavy atom. The third-order valence-electron chi connectivity index (χ3n) is 4.66. The van der Waals surface area contributed by atoms with E-state index in [9.17, 15) is 13.2 Å². The number of nitrogens with one attached hydrogen (secondary N) is 3. The number of benzene rings is 2. The fourth-order valence-corrected chi connectivity index (χ4v) is 4.14. The van der Waals surface area contributed by atoms with Crippen molar-refractivity contribution in [3.05, 3.63) is 54.6 Å². The van der Waals surface area contributed by atoms with E-state index >= 15 is 0 Å². The molecule has 1 aromatic heterocycles. The molecule has 0 unspecified atom stereocenters. The maximum Gasteiger partial charge on any atom is 0.240 e. The van der Waals surface area contributed by atoms with Gasteiger partial charge in [-0.05, 0) is 48.7 Å². The van der Waals surface area contributed by atoms with Gasteiger partial charge < -0.3 is 0 Å². The highest BCUT2D eigenvalue weighted by Gasteiger charge is 2.27. The second-order valence-corrected chi connectivity index (χ2v) is 8.99. The molecule has 0 saturated heterocycles. The van der Waals surface area contributed by atoms with Crippen LogP contribution in [0.4, 0.5) is 5.69 Å². The lowest BCUT2D eigenvalue weighted by atomic mass is 10.2. The maximum atomic E-state index is 12.2. The first-order valence-electron chi connectivity index (χ1n) is 10.00. The minimum atomic E-state index is -3.48. The number of aromatic nitrogens is 4. The molecule has 1 heterocycles. The molecule has 1 saturated carbocycles. The number of aryl methyl sites for hydroxylation is 1. The fourth-order valence-electron chi connectivity index (χ4n) is 2.83. The summed E-state index contributed by atoms with van der Waals surface area (Å²) in [5, 5.41) is 12.3. The van der Waals surface area contributed by atoms with E-state index in [4.69, 9.17) is 0 Å². The van der Waals surface area contributed by atoms with Crippen LogP contribution in [0.15, 0.2) is 59.5 Å². The number of carbonyl (C=O) groups is 1. The Bertz CT molecular complexity index is 1130. The molecule has 1 amide bonds. The van der Waals surface area contributed by atoms with Crippen molar-refractivity contribution in [2.75, 3.05) is 5.43 Å². The van der Waals surface area contributed by atoms with Crippen LogP contribution in [0.25, 0.3) is 11.4 Å². The summed E-state index contributed by atoms with van der Waals surface area (Å²) in [5.74, 6) is 0.347. The van der Waals surface area contributed by atoms with Crippen molar-refractivity contribution in [3.63, 3.8) is 0 Å². The van der Waals surface area contributed by atoms with Gasteiger partial charge in [-0.1, -0.05) is 30.3 Å². The minimum absolute atomic E-state index is 0.0553. The van der Waals surface area contributed by atoms with E-state index in [1.807, 2.05) is 30.3 Å². The van der Waals surface area contributed by atoms with Crippen molar-refractivity contribution in [2.45, 2.75) is 43.2 Å². The minimum Gasteiger partial charge on any atom is -0.299 e. The number of amides is 1. The predicted octanol–water partition coefficient (Wildman–Crippen LogP) is 1.70. The van der Waals surface area contributed by atoms with E-state index in [2.05, 4.69) is 31.0 Å². The van der Waals surface area contributed by atoms with Gasteiger partial charge in [0.1, 0.15) is 0 Å². The summed E-state index contributed by atoms with van der Waals surface area (Å²) in [6.07, 6.45) is 2.58. The molecule has 0 atom stereocenters. The summed E-state index contributed by atoms with van der Waals surface area (Å²) in [4.78, 5) is 13.7. The highest BCUT2D eigenvalue weighted by molar-refractivity contribution is 7.89. The van der Waals surface area contributed by atoms with Crippen molar-refractivity contribution in [2.24, 2.45) is 0 Å². The topological polar surface area (TPSA) is 131 Å². The number of hydrogen-bond donors (Lipinski definition) is 3. The highest BCUT2D eigenvalue weighted by Crippen LogP contribution is 2.22. The summed E-state index contributed by atoms with van der Waals surface area (Å²) in [7, 11) is -3.48. The first kappa shape index (κ1) is 20.9. The Hall–Kier alpha value is -3.31. The van der Waals surface area contributed by atoms with Gasteiger partial charge in [-0.15, -0.1) is 10.2 Å². The number of sulfonamides is 1. The van der Waals surface area contributed by atoms with E-state index < -0.39 is 10.0 Å². The summed E-state index contributed by atoms with van der Waals surface area (Å²) < 4.78 is 26.9. The Morgan fingerprint density at radius 3 is 2.52 bits per heavy atom. The third-order valence-corrected chi connectivity index (χ3v) is 6.19. The molecular formula is C20H23N7O3S. The molecule has 1 aliphatic rings. The Kier molecular flexibility index (Phi) is 6.23. The average Bonchev–Trinajstić information content (AvgIpc) is 3.45. The van der Waals surface area contributed by atoms with E-state index in [-0.39, 0.29) is 23.3 Å². The maximum absolute atomic E-state index is 12.2. The first-order valence-corrected chi connectivity index (χ1v) is 11.5. The molecule has 3 N–H and O–H groups in total. The van der Waals surface area contributed by atoms with Crippen LogP contribution in [0.1, 0.15) is 25.7 Å². The molecule has 3 aromatic rings. The largest absolute Gasteiger partial charge is 0.299 e. The molecule has 4 rings (SSSR count). The molecule has 0 aliphatic heterocycles. The monoisotopic (exact) mass is 441 g/mol. The van der Waals surface area contributed by atoms with Crippen LogP contribution >= 0.6 is 0 Å². The number of hydrazine groups is 1. The van der Waals surface area contributed by atoms with Crippen LogP contribution in [-0.4, -0.2) is 40.6 Å². The van der Waals surface area contributed by atoms with E-state index in [0.29, 0.717) is 24.5 Å². The molecule has 162 valence electrons. The van der Waals surface area contributed by atoms with Gasteiger partial charge in [0.2, 0.25) is 21.8 Å². The Balaban J connectivity index is 1.20. The van der Waals surface area contributed by atoms with E-state index in [1.165, 1.54) is 16.9 Å². The van der Waals surface area contributed by atoms with Gasteiger partial charge in [0.25, 0.3) is 0 Å². The van der Waals surface area contributed by atoms with Crippen LogP contribution in [0, 0.1) is 0 Å². The van der Waals surface area contributed by atoms with Crippen LogP contribution in [0.2, 0.25) is 0 Å². The first-order chi connectivity index (χ1) is 15.0. The summed E-state index contributed by atoms with van der Waals surface area (Å²) in [5.41, 5.74) is 6.86. The van der Waals surface area contributed by atoms with Crippen LogP contribution < -0.4 is 15.6 Å². The van der Waals surface area contributed by atoms with Crippen molar-refractivity contribution in [1.82, 2.24) is 30.4 Å². The Labute approximate surface area is 180 Å². The summed E-state index contributed by atoms with van der Waals surface area (Å²) in [6, 6.07) is 15.8. The summed E-state index contributed by atoms with van der Waals surface area (Å²) >= 11 is 0. The van der Waals surface area contributed by atoms with Gasteiger partial charge in [0.15, 0.2) is 0 Å². The second kappa shape index (κ2) is 9.23. The number of hydrogen-bond acceptors (Lipinski definition) is 7. The number of nitrogens with zero attached hydrogens (tertiary/aromatic N) is 4. The molecular weight excluding hydrogens is 418 g/mol. The van der Waals surface area contributed by atoms with Crippen molar-refractivity contribution < 1.29 is 13.2 Å². The standard InChI is InChI=1S/C20H23N7O3S/c28-19(7-4-14-27-24-20(23-26-27)15-5-2-1-3-6-15)22-21-16-10-12-18(13-11-16)31(29,30)25-17-8-9-17/h1-3,5-6,10-13,17,21,25H,4,7-9,14H2,(H,22,28). The van der Waals surface area contributed by atoms with Crippen LogP contribution in [0.3, 0.4) is 0 Å². The zero-order chi connectivity index (χ0) is 21.7. The smallest absolute Gasteiger partial charge is 0.240 e. The number of tetrazole rings is 1. The van der Waals surface area contributed by atoms with Gasteiger partial charge in [0.05, 0.1) is 17.1 Å². The van der Waals surface area contributed by atoms with Gasteiger partial charge in [0, 0.05) is 18.0 Å². The third kappa shape index (κ3) is 5.86. The lowest BCUT2D eigenvalue weighted by molar-refractivity contribution is -0.120. The molecule has 1 aliphatic carbocycles. The molecule has 1 fully saturated rings. The molecule has 0 spiro atoms. The lowest BCUT2D eigenvalue weighted by Crippen LogP contribution is -2.29. The van der Waals surface area contributed by atoms with Gasteiger partial charge >= 0.3 is 0 Å². The van der Waals surface area contributed by atoms with Crippen LogP contribution in [0.5, 0.6) is 0 Å². The van der Waals surface area contributed by atoms with Crippen LogP contribution in [-0.2, 0) is 21.4 Å². The zero-order valence-electron chi connectivity index (χ0n) is 16.7. The normalized spacial score (nSPS) is 13.7. The number of anilines is 1. The van der Waals surface area contributed by atoms with Gasteiger partial charge in [-0.25, -0.2) is 13.1 Å². The molecule has 0 radical (unpaired) electrons. The molecule has 11 heteroatoms. The van der Waals surface area contributed by atoms with E-state index in [0.717, 1.165) is 18.4 Å².